The van der Waals surface area contributed by atoms with E-state index in [2.05, 4.69) is 4.74 Å². The Morgan fingerprint density at radius 1 is 1.00 bits per heavy atom. The Bertz CT molecular complexity index is 1350. The quantitative estimate of drug-likeness (QED) is 0.361. The van der Waals surface area contributed by atoms with E-state index in [0.717, 1.165) is 20.1 Å². The number of esters is 2. The molecule has 0 aliphatic carbocycles. The van der Waals surface area contributed by atoms with Crippen molar-refractivity contribution in [1.82, 2.24) is 0 Å². The van der Waals surface area contributed by atoms with E-state index in [1.165, 1.54) is 36.4 Å². The summed E-state index contributed by atoms with van der Waals surface area (Å²) in [5.74, 6) is -2.32. The molecule has 0 amide bonds. The van der Waals surface area contributed by atoms with E-state index < -0.39 is 53.8 Å². The highest BCUT2D eigenvalue weighted by Gasteiger charge is 2.51. The molecular weight excluding hydrogens is 480 g/mol. The Hall–Kier alpha value is -4.13. The third kappa shape index (κ3) is 4.82. The summed E-state index contributed by atoms with van der Waals surface area (Å²) < 4.78 is 26.5. The van der Waals surface area contributed by atoms with Crippen LogP contribution in [0.25, 0.3) is 22.3 Å². The lowest BCUT2D eigenvalue weighted by atomic mass is 9.98. The zero-order chi connectivity index (χ0) is 26.1. The summed E-state index contributed by atoms with van der Waals surface area (Å²) in [6.45, 7) is 1.06. The van der Waals surface area contributed by atoms with Gasteiger partial charge in [0.05, 0.1) is 7.11 Å². The van der Waals surface area contributed by atoms with Crippen molar-refractivity contribution in [2.24, 2.45) is 0 Å². The fourth-order valence-corrected chi connectivity index (χ4v) is 3.77. The number of methoxy groups -OCH3 is 1. The third-order valence-corrected chi connectivity index (χ3v) is 5.47. The van der Waals surface area contributed by atoms with Crippen LogP contribution < -0.4 is 10.2 Å². The van der Waals surface area contributed by atoms with Crippen LogP contribution in [0.2, 0.25) is 0 Å². The maximum atomic E-state index is 12.7. The van der Waals surface area contributed by atoms with Crippen molar-refractivity contribution in [2.45, 2.75) is 37.6 Å². The smallest absolute Gasteiger partial charge is 0.337 e. The maximum absolute atomic E-state index is 12.7. The van der Waals surface area contributed by atoms with Gasteiger partial charge in [0.25, 0.3) is 0 Å². The van der Waals surface area contributed by atoms with Gasteiger partial charge < -0.3 is 43.8 Å². The second-order valence-electron chi connectivity index (χ2n) is 7.96. The number of carbonyl (C=O) groups excluding carboxylic acids is 2. The van der Waals surface area contributed by atoms with Gasteiger partial charge in [-0.3, -0.25) is 9.59 Å². The molecule has 0 spiro atoms. The summed E-state index contributed by atoms with van der Waals surface area (Å²) in [5, 5.41) is 40.5. The number of rotatable bonds is 5. The van der Waals surface area contributed by atoms with Crippen molar-refractivity contribution in [3.8, 4) is 28.6 Å². The van der Waals surface area contributed by atoms with Gasteiger partial charge in [0.2, 0.25) is 6.29 Å². The molecule has 12 heteroatoms. The molecule has 1 saturated heterocycles. The number of hydrogen-bond donors (Lipinski definition) is 4. The number of ether oxygens (including phenoxy) is 4. The van der Waals surface area contributed by atoms with Gasteiger partial charge in [0.1, 0.15) is 46.2 Å². The van der Waals surface area contributed by atoms with Crippen LogP contribution >= 0.6 is 0 Å². The number of carbonyl (C=O) groups is 2. The first kappa shape index (κ1) is 25.0. The second-order valence-corrected chi connectivity index (χ2v) is 7.96. The molecule has 3 aromatic rings. The van der Waals surface area contributed by atoms with Crippen LogP contribution in [0, 0.1) is 0 Å². The lowest BCUT2D eigenvalue weighted by Crippen LogP contribution is -2.62. The Labute approximate surface area is 202 Å². The first-order valence-corrected chi connectivity index (χ1v) is 10.6. The molecular formula is C24H22O12. The van der Waals surface area contributed by atoms with Gasteiger partial charge in [-0.25, -0.2) is 4.79 Å². The van der Waals surface area contributed by atoms with Crippen LogP contribution in [0.1, 0.15) is 6.92 Å². The average Bonchev–Trinajstić information content (AvgIpc) is 2.82. The summed E-state index contributed by atoms with van der Waals surface area (Å²) in [4.78, 5) is 36.3. The SMILES string of the molecule is COC(=O)[C@H]1O[C@@H](Oc2cc(O)c3c(=O)cc(-c4ccc(O)cc4)oc3c2)[C@H](OC(C)=O)[C@@H](O)[C@@H]1O. The van der Waals surface area contributed by atoms with Crippen LogP contribution in [-0.4, -0.2) is 70.2 Å². The molecule has 4 N–H and O–H groups in total. The zero-order valence-corrected chi connectivity index (χ0v) is 19.0. The van der Waals surface area contributed by atoms with Crippen LogP contribution in [0.4, 0.5) is 0 Å². The van der Waals surface area contributed by atoms with E-state index in [1.807, 2.05) is 0 Å². The number of hydrogen-bond acceptors (Lipinski definition) is 12. The summed E-state index contributed by atoms with van der Waals surface area (Å²) in [6.07, 6.45) is -8.44. The lowest BCUT2D eigenvalue weighted by Gasteiger charge is -2.40. The molecule has 1 fully saturated rings. The van der Waals surface area contributed by atoms with Crippen molar-refractivity contribution in [1.29, 1.82) is 0 Å². The van der Waals surface area contributed by atoms with Crippen molar-refractivity contribution >= 4 is 22.9 Å². The van der Waals surface area contributed by atoms with Crippen molar-refractivity contribution in [2.75, 3.05) is 7.11 Å². The normalized spacial score (nSPS) is 23.7. The standard InChI is InChI=1S/C24H22O12/c1-10(25)33-22-20(30)19(29)21(23(31)32-2)36-24(22)34-13-7-14(27)18-15(28)9-16(35-17(18)8-13)11-3-5-12(26)6-4-11/h3-9,19-22,24,26-27,29-30H,1-2H3/t19-,20-,21-,22+,24+/m0/s1. The molecule has 12 nitrogen and oxygen atoms in total. The molecule has 5 atom stereocenters. The highest BCUT2D eigenvalue weighted by molar-refractivity contribution is 5.86. The van der Waals surface area contributed by atoms with Crippen molar-refractivity contribution < 1.29 is 53.4 Å². The monoisotopic (exact) mass is 502 g/mol. The molecule has 0 radical (unpaired) electrons. The van der Waals surface area contributed by atoms with E-state index in [9.17, 15) is 34.8 Å². The molecule has 1 aliphatic heterocycles. The molecule has 2 heterocycles. The van der Waals surface area contributed by atoms with E-state index >= 15 is 0 Å². The Morgan fingerprint density at radius 2 is 1.69 bits per heavy atom. The number of benzene rings is 2. The average molecular weight is 502 g/mol. The van der Waals surface area contributed by atoms with E-state index in [1.54, 1.807) is 0 Å². The van der Waals surface area contributed by atoms with Gasteiger partial charge in [-0.15, -0.1) is 0 Å². The van der Waals surface area contributed by atoms with E-state index in [-0.39, 0.29) is 28.2 Å². The molecule has 4 rings (SSSR count). The predicted octanol–water partition coefficient (Wildman–Crippen LogP) is 0.801. The topological polar surface area (TPSA) is 182 Å². The molecule has 2 aromatic carbocycles. The second kappa shape index (κ2) is 9.85. The zero-order valence-electron chi connectivity index (χ0n) is 19.0. The van der Waals surface area contributed by atoms with Crippen LogP contribution in [0.5, 0.6) is 17.2 Å². The minimum Gasteiger partial charge on any atom is -0.508 e. The lowest BCUT2D eigenvalue weighted by molar-refractivity contribution is -0.276. The van der Waals surface area contributed by atoms with Crippen molar-refractivity contribution in [3.63, 3.8) is 0 Å². The van der Waals surface area contributed by atoms with Crippen LogP contribution in [0.3, 0.4) is 0 Å². The molecule has 190 valence electrons. The van der Waals surface area contributed by atoms with Gasteiger partial charge in [-0.05, 0) is 24.3 Å². The van der Waals surface area contributed by atoms with Crippen LogP contribution in [-0.2, 0) is 23.8 Å². The third-order valence-electron chi connectivity index (χ3n) is 5.47. The Morgan fingerprint density at radius 3 is 2.33 bits per heavy atom. The molecule has 36 heavy (non-hydrogen) atoms. The maximum Gasteiger partial charge on any atom is 0.337 e. The van der Waals surface area contributed by atoms with Crippen molar-refractivity contribution in [3.05, 3.63) is 52.7 Å². The summed E-state index contributed by atoms with van der Waals surface area (Å²) in [6, 6.07) is 9.36. The number of aliphatic hydroxyl groups excluding tert-OH is 2. The fraction of sp³-hybridized carbons (Fsp3) is 0.292. The van der Waals surface area contributed by atoms with E-state index in [0.29, 0.717) is 5.56 Å². The highest BCUT2D eigenvalue weighted by atomic mass is 16.7. The van der Waals surface area contributed by atoms with Gasteiger partial charge in [-0.2, -0.15) is 0 Å². The summed E-state index contributed by atoms with van der Waals surface area (Å²) >= 11 is 0. The minimum absolute atomic E-state index is 0.0163. The molecule has 1 aromatic heterocycles. The first-order valence-electron chi connectivity index (χ1n) is 10.6. The molecule has 0 bridgehead atoms. The Kier molecular flexibility index (Phi) is 6.84. The molecule has 1 aliphatic rings. The molecule has 0 saturated carbocycles. The Balaban J connectivity index is 1.73. The van der Waals surface area contributed by atoms with Gasteiger partial charge >= 0.3 is 11.9 Å². The van der Waals surface area contributed by atoms with Gasteiger partial charge in [0, 0.05) is 30.7 Å². The van der Waals surface area contributed by atoms with E-state index in [4.69, 9.17) is 18.6 Å². The predicted molar refractivity (Wildman–Crippen MR) is 120 cm³/mol. The van der Waals surface area contributed by atoms with Crippen LogP contribution in [0.15, 0.2) is 51.7 Å². The molecule has 0 unspecified atom stereocenters. The number of aliphatic hydroxyl groups is 2. The minimum atomic E-state index is -1.79. The largest absolute Gasteiger partial charge is 0.508 e. The fourth-order valence-electron chi connectivity index (χ4n) is 3.77. The summed E-state index contributed by atoms with van der Waals surface area (Å²) in [5.41, 5.74) is -0.161. The number of phenols is 2. The first-order chi connectivity index (χ1) is 17.1. The number of fused-ring (bicyclic) bond motifs is 1. The van der Waals surface area contributed by atoms with Gasteiger partial charge in [0.15, 0.2) is 17.6 Å². The number of phenolic OH excluding ortho intramolecular Hbond substituents is 2. The number of aromatic hydroxyl groups is 2. The summed E-state index contributed by atoms with van der Waals surface area (Å²) in [7, 11) is 1.05. The van der Waals surface area contributed by atoms with Gasteiger partial charge in [-0.1, -0.05) is 0 Å². The highest BCUT2D eigenvalue weighted by Crippen LogP contribution is 2.34.